The number of carbonyl (C=O) groups is 2. The average Bonchev–Trinajstić information content (AvgIpc) is 3.10. The van der Waals surface area contributed by atoms with Gasteiger partial charge in [-0.2, -0.15) is 0 Å². The molecule has 1 heterocycles. The van der Waals surface area contributed by atoms with Crippen molar-refractivity contribution in [3.05, 3.63) is 23.8 Å². The standard InChI is InChI=1S/C19H26N2O4/c1-3-19(2,18(23)20-14-7-5-4-6-8-14)21-17(22)13-9-10-15-16(11-13)25-12-24-15/h9-11,14H,3-8,12H2,1-2H3,(H,20,23)(H,21,22)/t19-/m0/s1. The van der Waals surface area contributed by atoms with Gasteiger partial charge in [0.1, 0.15) is 5.54 Å². The lowest BCUT2D eigenvalue weighted by Gasteiger charge is -2.32. The maximum absolute atomic E-state index is 12.7. The van der Waals surface area contributed by atoms with Gasteiger partial charge in [0.15, 0.2) is 11.5 Å². The van der Waals surface area contributed by atoms with Crippen LogP contribution in [0.3, 0.4) is 0 Å². The number of benzene rings is 1. The first-order valence-corrected chi connectivity index (χ1v) is 9.05. The highest BCUT2D eigenvalue weighted by Crippen LogP contribution is 2.32. The van der Waals surface area contributed by atoms with Gasteiger partial charge in [-0.25, -0.2) is 0 Å². The second-order valence-electron chi connectivity index (χ2n) is 7.02. The molecule has 0 bridgehead atoms. The monoisotopic (exact) mass is 346 g/mol. The molecule has 1 aromatic carbocycles. The van der Waals surface area contributed by atoms with Crippen molar-refractivity contribution in [2.75, 3.05) is 6.79 Å². The molecular weight excluding hydrogens is 320 g/mol. The molecule has 136 valence electrons. The van der Waals surface area contributed by atoms with E-state index in [4.69, 9.17) is 9.47 Å². The van der Waals surface area contributed by atoms with Crippen LogP contribution in [-0.4, -0.2) is 30.2 Å². The Balaban J connectivity index is 1.66. The second-order valence-corrected chi connectivity index (χ2v) is 7.02. The molecular formula is C19H26N2O4. The fourth-order valence-corrected chi connectivity index (χ4v) is 3.26. The fraction of sp³-hybridized carbons (Fsp3) is 0.579. The number of fused-ring (bicyclic) bond motifs is 1. The average molecular weight is 346 g/mol. The van der Waals surface area contributed by atoms with E-state index in [1.54, 1.807) is 25.1 Å². The van der Waals surface area contributed by atoms with Crippen molar-refractivity contribution in [3.63, 3.8) is 0 Å². The summed E-state index contributed by atoms with van der Waals surface area (Å²) in [5.41, 5.74) is -0.486. The minimum Gasteiger partial charge on any atom is -0.454 e. The van der Waals surface area contributed by atoms with Crippen LogP contribution in [0.15, 0.2) is 18.2 Å². The Kier molecular flexibility index (Phi) is 5.16. The molecule has 0 aromatic heterocycles. The van der Waals surface area contributed by atoms with E-state index in [-0.39, 0.29) is 24.6 Å². The van der Waals surface area contributed by atoms with Gasteiger partial charge >= 0.3 is 0 Å². The molecule has 0 unspecified atom stereocenters. The largest absolute Gasteiger partial charge is 0.454 e. The number of amides is 2. The van der Waals surface area contributed by atoms with Crippen molar-refractivity contribution in [1.29, 1.82) is 0 Å². The summed E-state index contributed by atoms with van der Waals surface area (Å²) in [7, 11) is 0. The molecule has 6 heteroatoms. The molecule has 1 aromatic rings. The lowest BCUT2D eigenvalue weighted by Crippen LogP contribution is -2.58. The van der Waals surface area contributed by atoms with Gasteiger partial charge in [-0.15, -0.1) is 0 Å². The Labute approximate surface area is 148 Å². The van der Waals surface area contributed by atoms with Gasteiger partial charge in [0.05, 0.1) is 0 Å². The first-order chi connectivity index (χ1) is 12.0. The van der Waals surface area contributed by atoms with Crippen LogP contribution in [-0.2, 0) is 4.79 Å². The van der Waals surface area contributed by atoms with Crippen molar-refractivity contribution in [3.8, 4) is 11.5 Å². The Morgan fingerprint density at radius 3 is 2.60 bits per heavy atom. The zero-order chi connectivity index (χ0) is 17.9. The van der Waals surface area contributed by atoms with Crippen LogP contribution >= 0.6 is 0 Å². The number of ether oxygens (including phenoxy) is 2. The fourth-order valence-electron chi connectivity index (χ4n) is 3.26. The van der Waals surface area contributed by atoms with Gasteiger partial charge in [-0.3, -0.25) is 9.59 Å². The second kappa shape index (κ2) is 7.33. The Morgan fingerprint density at radius 1 is 1.16 bits per heavy atom. The molecule has 2 amide bonds. The van der Waals surface area contributed by atoms with E-state index in [1.807, 2.05) is 6.92 Å². The molecule has 25 heavy (non-hydrogen) atoms. The van der Waals surface area contributed by atoms with E-state index >= 15 is 0 Å². The maximum Gasteiger partial charge on any atom is 0.252 e. The highest BCUT2D eigenvalue weighted by molar-refractivity contribution is 5.99. The first-order valence-electron chi connectivity index (χ1n) is 9.05. The number of hydrogen-bond donors (Lipinski definition) is 2. The lowest BCUT2D eigenvalue weighted by molar-refractivity contribution is -0.127. The highest BCUT2D eigenvalue weighted by atomic mass is 16.7. The van der Waals surface area contributed by atoms with Crippen LogP contribution in [0.25, 0.3) is 0 Å². The van der Waals surface area contributed by atoms with Crippen LogP contribution in [0.2, 0.25) is 0 Å². The van der Waals surface area contributed by atoms with Crippen LogP contribution in [0.4, 0.5) is 0 Å². The summed E-state index contributed by atoms with van der Waals surface area (Å²) in [6.07, 6.45) is 6.08. The van der Waals surface area contributed by atoms with Crippen LogP contribution in [0.5, 0.6) is 11.5 Å². The van der Waals surface area contributed by atoms with Crippen molar-refractivity contribution in [1.82, 2.24) is 10.6 Å². The molecule has 0 spiro atoms. The van der Waals surface area contributed by atoms with E-state index < -0.39 is 5.54 Å². The van der Waals surface area contributed by atoms with E-state index in [0.29, 0.717) is 23.5 Å². The molecule has 3 rings (SSSR count). The minimum absolute atomic E-state index is 0.115. The molecule has 1 atom stereocenters. The summed E-state index contributed by atoms with van der Waals surface area (Å²) in [6, 6.07) is 5.25. The third-order valence-electron chi connectivity index (χ3n) is 5.17. The zero-order valence-corrected chi connectivity index (χ0v) is 14.9. The van der Waals surface area contributed by atoms with Crippen LogP contribution in [0, 0.1) is 0 Å². The van der Waals surface area contributed by atoms with Gasteiger partial charge in [0, 0.05) is 11.6 Å². The van der Waals surface area contributed by atoms with Crippen LogP contribution in [0.1, 0.15) is 62.7 Å². The van der Waals surface area contributed by atoms with Crippen LogP contribution < -0.4 is 20.1 Å². The molecule has 1 aliphatic carbocycles. The van der Waals surface area contributed by atoms with Crippen molar-refractivity contribution >= 4 is 11.8 Å². The Morgan fingerprint density at radius 2 is 1.88 bits per heavy atom. The van der Waals surface area contributed by atoms with E-state index in [2.05, 4.69) is 10.6 Å². The van der Waals surface area contributed by atoms with Gasteiger partial charge in [-0.1, -0.05) is 26.2 Å². The molecule has 1 aliphatic heterocycles. The van der Waals surface area contributed by atoms with Gasteiger partial charge in [0.2, 0.25) is 12.7 Å². The quantitative estimate of drug-likeness (QED) is 0.859. The minimum atomic E-state index is -0.940. The zero-order valence-electron chi connectivity index (χ0n) is 14.9. The summed E-state index contributed by atoms with van der Waals surface area (Å²) in [4.78, 5) is 25.4. The topological polar surface area (TPSA) is 76.7 Å². The van der Waals surface area contributed by atoms with Crippen molar-refractivity contribution in [2.45, 2.75) is 64.0 Å². The predicted octanol–water partition coefficient (Wildman–Crippen LogP) is 2.76. The third kappa shape index (κ3) is 3.89. The Bertz CT molecular complexity index is 655. The van der Waals surface area contributed by atoms with E-state index in [9.17, 15) is 9.59 Å². The Hall–Kier alpha value is -2.24. The number of rotatable bonds is 5. The molecule has 1 fully saturated rings. The van der Waals surface area contributed by atoms with E-state index in [0.717, 1.165) is 25.7 Å². The smallest absolute Gasteiger partial charge is 0.252 e. The van der Waals surface area contributed by atoms with Crippen molar-refractivity contribution < 1.29 is 19.1 Å². The molecule has 6 nitrogen and oxygen atoms in total. The first kappa shape index (κ1) is 17.6. The SMILES string of the molecule is CC[C@](C)(NC(=O)c1ccc2c(c1)OCO2)C(=O)NC1CCCCC1. The number of nitrogens with one attached hydrogen (secondary N) is 2. The summed E-state index contributed by atoms with van der Waals surface area (Å²) < 4.78 is 10.6. The summed E-state index contributed by atoms with van der Waals surface area (Å²) in [5, 5.41) is 6.00. The predicted molar refractivity (Wildman–Crippen MR) is 93.7 cm³/mol. The molecule has 1 saturated carbocycles. The lowest BCUT2D eigenvalue weighted by atomic mass is 9.92. The van der Waals surface area contributed by atoms with Gasteiger partial charge < -0.3 is 20.1 Å². The normalized spacial score (nSPS) is 19.1. The van der Waals surface area contributed by atoms with E-state index in [1.165, 1.54) is 6.42 Å². The molecule has 0 radical (unpaired) electrons. The number of hydrogen-bond acceptors (Lipinski definition) is 4. The number of carbonyl (C=O) groups excluding carboxylic acids is 2. The summed E-state index contributed by atoms with van der Waals surface area (Å²) >= 11 is 0. The van der Waals surface area contributed by atoms with Gasteiger partial charge in [0.25, 0.3) is 5.91 Å². The van der Waals surface area contributed by atoms with Gasteiger partial charge in [-0.05, 0) is 44.4 Å². The molecule has 2 aliphatic rings. The maximum atomic E-state index is 12.7. The summed E-state index contributed by atoms with van der Waals surface area (Å²) in [5.74, 6) is 0.778. The summed E-state index contributed by atoms with van der Waals surface area (Å²) in [6.45, 7) is 3.84. The molecule has 0 saturated heterocycles. The molecule has 2 N–H and O–H groups in total. The highest BCUT2D eigenvalue weighted by Gasteiger charge is 2.35. The van der Waals surface area contributed by atoms with Crippen molar-refractivity contribution in [2.24, 2.45) is 0 Å². The third-order valence-corrected chi connectivity index (χ3v) is 5.17.